The molecule has 124 valence electrons. The van der Waals surface area contributed by atoms with Crippen LogP contribution < -0.4 is 5.32 Å². The van der Waals surface area contributed by atoms with E-state index >= 15 is 0 Å². The minimum atomic E-state index is -1.03. The molecule has 2 aromatic carbocycles. The molecular formula is C18H16BrClN2O2. The number of rotatable bonds is 4. The highest BCUT2D eigenvalue weighted by Crippen LogP contribution is 2.33. The maximum absolute atomic E-state index is 13.0. The van der Waals surface area contributed by atoms with Crippen molar-refractivity contribution in [2.45, 2.75) is 25.4 Å². The molecule has 1 unspecified atom stereocenters. The maximum atomic E-state index is 13.0. The van der Waals surface area contributed by atoms with Crippen molar-refractivity contribution < 1.29 is 9.59 Å². The van der Waals surface area contributed by atoms with Crippen LogP contribution in [0.3, 0.4) is 0 Å². The molecule has 0 radical (unpaired) electrons. The Bertz CT molecular complexity index is 777. The Morgan fingerprint density at radius 1 is 1.08 bits per heavy atom. The number of nitrogens with zero attached hydrogens (tertiary/aromatic N) is 1. The number of amides is 3. The van der Waals surface area contributed by atoms with Crippen LogP contribution in [0.2, 0.25) is 5.02 Å². The van der Waals surface area contributed by atoms with Crippen molar-refractivity contribution in [2.75, 3.05) is 0 Å². The predicted octanol–water partition coefficient (Wildman–Crippen LogP) is 4.46. The molecule has 24 heavy (non-hydrogen) atoms. The molecule has 0 saturated carbocycles. The molecule has 3 rings (SSSR count). The Hall–Kier alpha value is -1.85. The van der Waals surface area contributed by atoms with Gasteiger partial charge in [0.05, 0.1) is 6.54 Å². The number of carbonyl (C=O) groups is 2. The van der Waals surface area contributed by atoms with E-state index < -0.39 is 5.54 Å². The molecule has 0 aromatic heterocycles. The largest absolute Gasteiger partial charge is 0.325 e. The predicted molar refractivity (Wildman–Crippen MR) is 96.6 cm³/mol. The van der Waals surface area contributed by atoms with E-state index in [-0.39, 0.29) is 18.5 Å². The summed E-state index contributed by atoms with van der Waals surface area (Å²) in [4.78, 5) is 26.7. The first-order valence-corrected chi connectivity index (χ1v) is 8.78. The second-order valence-corrected chi connectivity index (χ2v) is 7.07. The van der Waals surface area contributed by atoms with Crippen molar-refractivity contribution >= 4 is 39.5 Å². The third-order valence-corrected chi connectivity index (χ3v) is 5.08. The zero-order chi connectivity index (χ0) is 17.3. The zero-order valence-corrected chi connectivity index (χ0v) is 15.4. The summed E-state index contributed by atoms with van der Waals surface area (Å²) < 4.78 is 0.951. The van der Waals surface area contributed by atoms with Crippen LogP contribution in [0.5, 0.6) is 0 Å². The first-order valence-electron chi connectivity index (χ1n) is 7.61. The fraction of sp³-hybridized carbons (Fsp3) is 0.222. The Kier molecular flexibility index (Phi) is 4.65. The second-order valence-electron chi connectivity index (χ2n) is 5.71. The minimum Gasteiger partial charge on any atom is -0.319 e. The van der Waals surface area contributed by atoms with Gasteiger partial charge < -0.3 is 5.32 Å². The van der Waals surface area contributed by atoms with Gasteiger partial charge in [-0.2, -0.15) is 0 Å². The number of urea groups is 1. The van der Waals surface area contributed by atoms with Crippen LogP contribution >= 0.6 is 27.5 Å². The van der Waals surface area contributed by atoms with E-state index in [0.29, 0.717) is 11.4 Å². The van der Waals surface area contributed by atoms with Crippen molar-refractivity contribution in [3.05, 3.63) is 69.2 Å². The molecule has 1 aliphatic heterocycles. The van der Waals surface area contributed by atoms with Crippen molar-refractivity contribution in [3.63, 3.8) is 0 Å². The van der Waals surface area contributed by atoms with E-state index in [1.807, 2.05) is 31.2 Å². The van der Waals surface area contributed by atoms with Crippen LogP contribution in [-0.2, 0) is 16.9 Å². The van der Waals surface area contributed by atoms with E-state index in [0.717, 1.165) is 15.6 Å². The van der Waals surface area contributed by atoms with E-state index in [1.54, 1.807) is 24.3 Å². The lowest BCUT2D eigenvalue weighted by atomic mass is 9.87. The Morgan fingerprint density at radius 2 is 1.71 bits per heavy atom. The summed E-state index contributed by atoms with van der Waals surface area (Å²) >= 11 is 9.31. The van der Waals surface area contributed by atoms with E-state index in [1.165, 1.54) is 4.90 Å². The lowest BCUT2D eigenvalue weighted by Gasteiger charge is -2.26. The van der Waals surface area contributed by atoms with Crippen LogP contribution in [0.25, 0.3) is 0 Å². The van der Waals surface area contributed by atoms with Gasteiger partial charge in [0.25, 0.3) is 5.91 Å². The number of hydrogen-bond donors (Lipinski definition) is 1. The summed E-state index contributed by atoms with van der Waals surface area (Å²) in [5, 5.41) is 3.46. The van der Waals surface area contributed by atoms with Gasteiger partial charge in [-0.1, -0.05) is 58.7 Å². The van der Waals surface area contributed by atoms with Gasteiger partial charge in [-0.3, -0.25) is 9.69 Å². The smallest absolute Gasteiger partial charge is 0.319 e. The maximum Gasteiger partial charge on any atom is 0.325 e. The molecule has 1 heterocycles. The average molecular weight is 408 g/mol. The SMILES string of the molecule is CCC1(c2ccc(Cl)cc2)NC(=O)N(Cc2ccc(Br)cc2)C1=O. The Balaban J connectivity index is 1.91. The summed E-state index contributed by atoms with van der Waals surface area (Å²) in [6, 6.07) is 14.2. The molecule has 1 N–H and O–H groups in total. The number of imide groups is 1. The third-order valence-electron chi connectivity index (χ3n) is 4.30. The van der Waals surface area contributed by atoms with Crippen LogP contribution in [0.15, 0.2) is 53.0 Å². The number of hydrogen-bond acceptors (Lipinski definition) is 2. The van der Waals surface area contributed by atoms with E-state index in [2.05, 4.69) is 21.2 Å². The molecule has 0 bridgehead atoms. The summed E-state index contributed by atoms with van der Waals surface area (Å²) in [5.41, 5.74) is 0.604. The first kappa shape index (κ1) is 17.0. The lowest BCUT2D eigenvalue weighted by molar-refractivity contribution is -0.132. The standard InChI is InChI=1S/C18H16BrClN2O2/c1-2-18(13-5-9-15(20)10-6-13)16(23)22(17(24)21-18)11-12-3-7-14(19)8-4-12/h3-10H,2,11H2,1H3,(H,21,24). The monoisotopic (exact) mass is 406 g/mol. The molecule has 1 fully saturated rings. The molecular weight excluding hydrogens is 392 g/mol. The highest BCUT2D eigenvalue weighted by atomic mass is 79.9. The summed E-state index contributed by atoms with van der Waals surface area (Å²) in [6.45, 7) is 2.13. The van der Waals surface area contributed by atoms with Crippen molar-refractivity contribution in [3.8, 4) is 0 Å². The van der Waals surface area contributed by atoms with Gasteiger partial charge in [0, 0.05) is 9.50 Å². The molecule has 6 heteroatoms. The summed E-state index contributed by atoms with van der Waals surface area (Å²) in [5.74, 6) is -0.236. The van der Waals surface area contributed by atoms with Crippen LogP contribution in [0.4, 0.5) is 4.79 Å². The van der Waals surface area contributed by atoms with Crippen LogP contribution in [0, 0.1) is 0 Å². The quantitative estimate of drug-likeness (QED) is 0.761. The zero-order valence-electron chi connectivity index (χ0n) is 13.1. The van der Waals surface area contributed by atoms with Gasteiger partial charge in [-0.15, -0.1) is 0 Å². The topological polar surface area (TPSA) is 49.4 Å². The Labute approximate surface area is 153 Å². The van der Waals surface area contributed by atoms with Gasteiger partial charge in [-0.05, 0) is 41.8 Å². The molecule has 4 nitrogen and oxygen atoms in total. The van der Waals surface area contributed by atoms with Crippen LogP contribution in [-0.4, -0.2) is 16.8 Å². The van der Waals surface area contributed by atoms with Crippen molar-refractivity contribution in [1.82, 2.24) is 10.2 Å². The van der Waals surface area contributed by atoms with Gasteiger partial charge >= 0.3 is 6.03 Å². The van der Waals surface area contributed by atoms with Gasteiger partial charge in [-0.25, -0.2) is 4.79 Å². The third kappa shape index (κ3) is 2.94. The van der Waals surface area contributed by atoms with E-state index in [9.17, 15) is 9.59 Å². The average Bonchev–Trinajstić information content (AvgIpc) is 2.82. The molecule has 3 amide bonds. The molecule has 1 saturated heterocycles. The summed E-state index contributed by atoms with van der Waals surface area (Å²) in [6.07, 6.45) is 0.468. The Morgan fingerprint density at radius 3 is 2.29 bits per heavy atom. The highest BCUT2D eigenvalue weighted by molar-refractivity contribution is 9.10. The van der Waals surface area contributed by atoms with Gasteiger partial charge in [0.2, 0.25) is 0 Å². The first-order chi connectivity index (χ1) is 11.5. The number of nitrogens with one attached hydrogen (secondary N) is 1. The minimum absolute atomic E-state index is 0.236. The molecule has 1 aliphatic rings. The van der Waals surface area contributed by atoms with Gasteiger partial charge in [0.1, 0.15) is 5.54 Å². The molecule has 0 spiro atoms. The van der Waals surface area contributed by atoms with Gasteiger partial charge in [0.15, 0.2) is 0 Å². The lowest BCUT2D eigenvalue weighted by Crippen LogP contribution is -2.43. The number of halogens is 2. The van der Waals surface area contributed by atoms with Crippen molar-refractivity contribution in [1.29, 1.82) is 0 Å². The number of carbonyl (C=O) groups excluding carboxylic acids is 2. The summed E-state index contributed by atoms with van der Waals surface area (Å²) in [7, 11) is 0. The molecule has 2 aromatic rings. The molecule has 1 atom stereocenters. The molecule has 0 aliphatic carbocycles. The second kappa shape index (κ2) is 6.57. The fourth-order valence-electron chi connectivity index (χ4n) is 2.92. The van der Waals surface area contributed by atoms with Crippen molar-refractivity contribution in [2.24, 2.45) is 0 Å². The number of benzene rings is 2. The highest BCUT2D eigenvalue weighted by Gasteiger charge is 2.51. The van der Waals surface area contributed by atoms with E-state index in [4.69, 9.17) is 11.6 Å². The van der Waals surface area contributed by atoms with Crippen LogP contribution in [0.1, 0.15) is 24.5 Å². The normalized spacial score (nSPS) is 20.4. The fourth-order valence-corrected chi connectivity index (χ4v) is 3.31.